The molecule has 1 N–H and O–H groups in total. The number of carboxylic acid groups (broad SMARTS) is 1. The summed E-state index contributed by atoms with van der Waals surface area (Å²) in [5.74, 6) is -0.786. The zero-order valence-corrected chi connectivity index (χ0v) is 22.1. The van der Waals surface area contributed by atoms with Crippen LogP contribution in [0.1, 0.15) is 18.2 Å². The molecule has 5 rings (SSSR count). The topological polar surface area (TPSA) is 96.0 Å². The molecule has 0 radical (unpaired) electrons. The number of benzene rings is 3. The van der Waals surface area contributed by atoms with E-state index in [-0.39, 0.29) is 23.1 Å². The summed E-state index contributed by atoms with van der Waals surface area (Å²) in [5, 5.41) is 15.0. The van der Waals surface area contributed by atoms with Crippen molar-refractivity contribution in [3.63, 3.8) is 0 Å². The number of carboxylic acids is 1. The summed E-state index contributed by atoms with van der Waals surface area (Å²) < 4.78 is 61.5. The smallest absolute Gasteiger partial charge is 0.497 e. The highest BCUT2D eigenvalue weighted by molar-refractivity contribution is 6.32. The van der Waals surface area contributed by atoms with Gasteiger partial charge in [0, 0.05) is 35.3 Å². The van der Waals surface area contributed by atoms with E-state index >= 15 is 0 Å². The normalized spacial score (nSPS) is 12.6. The molecule has 12 heteroatoms. The standard InChI is InChI=1S/C28H22ClF3N2O6/c1-14-25(26-20-8-5-17(37-3)12-23(20)40-33-26)19-7-6-18(39-28(30,31)32)11-22(19)34(14)13-16-4-9-21(29)24(10-16)38-15(2)27(35)36/h4-12,15H,13H2,1-3H3,(H,35,36)/t15-/m0/s1. The SMILES string of the molecule is COc1ccc2c(-c3c(C)n(Cc4ccc(Cl)c(O[C@@H](C)C(=O)O)c4)c4cc(OC(F)(F)F)ccc34)noc2c1. The minimum Gasteiger partial charge on any atom is -0.497 e. The number of hydrogen-bond donors (Lipinski definition) is 1. The first kappa shape index (κ1) is 27.2. The third-order valence-corrected chi connectivity index (χ3v) is 6.75. The summed E-state index contributed by atoms with van der Waals surface area (Å²) in [5.41, 5.74) is 3.48. The Kier molecular flexibility index (Phi) is 7.01. The van der Waals surface area contributed by atoms with E-state index in [1.54, 1.807) is 42.5 Å². The Hall–Kier alpha value is -4.38. The number of aromatic nitrogens is 2. The van der Waals surface area contributed by atoms with Crippen molar-refractivity contribution < 1.29 is 41.8 Å². The number of ether oxygens (including phenoxy) is 3. The van der Waals surface area contributed by atoms with Crippen LogP contribution < -0.4 is 14.2 Å². The zero-order valence-electron chi connectivity index (χ0n) is 21.4. The average Bonchev–Trinajstić information content (AvgIpc) is 3.42. The van der Waals surface area contributed by atoms with Crippen molar-refractivity contribution in [2.75, 3.05) is 7.11 Å². The summed E-state index contributed by atoms with van der Waals surface area (Å²) in [6.07, 6.45) is -6.01. The fourth-order valence-corrected chi connectivity index (χ4v) is 4.70. The van der Waals surface area contributed by atoms with Crippen LogP contribution in [-0.2, 0) is 11.3 Å². The van der Waals surface area contributed by atoms with Gasteiger partial charge in [-0.05, 0) is 55.8 Å². The van der Waals surface area contributed by atoms with Crippen LogP contribution in [0.3, 0.4) is 0 Å². The van der Waals surface area contributed by atoms with Gasteiger partial charge in [0.15, 0.2) is 11.7 Å². The van der Waals surface area contributed by atoms with Gasteiger partial charge in [-0.25, -0.2) is 4.79 Å². The Labute approximate surface area is 230 Å². The number of carbonyl (C=O) groups is 1. The quantitative estimate of drug-likeness (QED) is 0.209. The first-order valence-corrected chi connectivity index (χ1v) is 12.3. The summed E-state index contributed by atoms with van der Waals surface area (Å²) in [6.45, 7) is 3.39. The number of hydrogen-bond acceptors (Lipinski definition) is 6. The van der Waals surface area contributed by atoms with Gasteiger partial charge in [0.1, 0.15) is 22.9 Å². The first-order chi connectivity index (χ1) is 18.9. The van der Waals surface area contributed by atoms with Crippen LogP contribution in [0.2, 0.25) is 5.02 Å². The number of alkyl halides is 3. The van der Waals surface area contributed by atoms with E-state index in [1.807, 2.05) is 11.5 Å². The maximum atomic E-state index is 13.0. The highest BCUT2D eigenvalue weighted by Gasteiger charge is 2.32. The van der Waals surface area contributed by atoms with Crippen LogP contribution in [0.25, 0.3) is 33.1 Å². The molecule has 0 aliphatic carbocycles. The lowest BCUT2D eigenvalue weighted by molar-refractivity contribution is -0.274. The molecule has 3 aromatic carbocycles. The third-order valence-electron chi connectivity index (χ3n) is 6.43. The molecule has 0 spiro atoms. The Morgan fingerprint density at radius 1 is 1.10 bits per heavy atom. The predicted octanol–water partition coefficient (Wildman–Crippen LogP) is 7.22. The molecule has 0 amide bonds. The van der Waals surface area contributed by atoms with Crippen molar-refractivity contribution in [1.82, 2.24) is 9.72 Å². The summed E-state index contributed by atoms with van der Waals surface area (Å²) in [4.78, 5) is 11.3. The van der Waals surface area contributed by atoms with Gasteiger partial charge in [0.2, 0.25) is 0 Å². The number of aliphatic carboxylic acids is 1. The molecule has 0 saturated carbocycles. The van der Waals surface area contributed by atoms with Gasteiger partial charge < -0.3 is 28.4 Å². The second-order valence-electron chi connectivity index (χ2n) is 9.03. The van der Waals surface area contributed by atoms with Gasteiger partial charge in [-0.2, -0.15) is 0 Å². The molecule has 40 heavy (non-hydrogen) atoms. The Morgan fingerprint density at radius 2 is 1.82 bits per heavy atom. The van der Waals surface area contributed by atoms with Crippen molar-refractivity contribution in [3.8, 4) is 28.5 Å². The maximum Gasteiger partial charge on any atom is 0.573 e. The summed E-state index contributed by atoms with van der Waals surface area (Å²) in [7, 11) is 1.53. The van der Waals surface area contributed by atoms with Gasteiger partial charge in [0.05, 0.1) is 23.0 Å². The summed E-state index contributed by atoms with van der Waals surface area (Å²) >= 11 is 6.23. The molecule has 5 aromatic rings. The van der Waals surface area contributed by atoms with Crippen molar-refractivity contribution in [3.05, 3.63) is 70.9 Å². The largest absolute Gasteiger partial charge is 0.573 e. The van der Waals surface area contributed by atoms with Crippen LogP contribution in [-0.4, -0.2) is 40.4 Å². The van der Waals surface area contributed by atoms with Gasteiger partial charge in [-0.3, -0.25) is 0 Å². The minimum absolute atomic E-state index is 0.168. The maximum absolute atomic E-state index is 13.0. The lowest BCUT2D eigenvalue weighted by Gasteiger charge is -2.15. The number of nitrogens with zero attached hydrogens (tertiary/aromatic N) is 2. The third kappa shape index (κ3) is 5.24. The molecular formula is C28H22ClF3N2O6. The molecule has 0 fully saturated rings. The van der Waals surface area contributed by atoms with E-state index in [1.165, 1.54) is 26.2 Å². The lowest BCUT2D eigenvalue weighted by atomic mass is 10.0. The molecule has 0 unspecified atom stereocenters. The van der Waals surface area contributed by atoms with Gasteiger partial charge in [-0.1, -0.05) is 22.8 Å². The number of methoxy groups -OCH3 is 1. The zero-order chi connectivity index (χ0) is 28.8. The minimum atomic E-state index is -4.87. The van der Waals surface area contributed by atoms with Crippen LogP contribution in [0.4, 0.5) is 13.2 Å². The number of halogens is 4. The van der Waals surface area contributed by atoms with E-state index in [4.69, 9.17) is 25.6 Å². The molecule has 0 saturated heterocycles. The fourth-order valence-electron chi connectivity index (χ4n) is 4.54. The molecule has 2 heterocycles. The molecule has 208 valence electrons. The molecule has 8 nitrogen and oxygen atoms in total. The molecule has 0 aliphatic heterocycles. The van der Waals surface area contributed by atoms with Gasteiger partial charge >= 0.3 is 12.3 Å². The van der Waals surface area contributed by atoms with E-state index in [0.29, 0.717) is 50.1 Å². The van der Waals surface area contributed by atoms with E-state index in [0.717, 1.165) is 0 Å². The lowest BCUT2D eigenvalue weighted by Crippen LogP contribution is -2.23. The van der Waals surface area contributed by atoms with Crippen molar-refractivity contribution >= 4 is 39.4 Å². The summed E-state index contributed by atoms with van der Waals surface area (Å²) in [6, 6.07) is 14.3. The Bertz CT molecular complexity index is 1740. The highest BCUT2D eigenvalue weighted by Crippen LogP contribution is 2.41. The Morgan fingerprint density at radius 3 is 2.52 bits per heavy atom. The molecule has 0 bridgehead atoms. The molecule has 0 aliphatic rings. The van der Waals surface area contributed by atoms with Crippen LogP contribution in [0.15, 0.2) is 59.1 Å². The van der Waals surface area contributed by atoms with Crippen molar-refractivity contribution in [1.29, 1.82) is 0 Å². The second-order valence-corrected chi connectivity index (χ2v) is 9.44. The van der Waals surface area contributed by atoms with E-state index < -0.39 is 18.4 Å². The fraction of sp³-hybridized carbons (Fsp3) is 0.214. The van der Waals surface area contributed by atoms with Crippen molar-refractivity contribution in [2.24, 2.45) is 0 Å². The van der Waals surface area contributed by atoms with Crippen LogP contribution in [0.5, 0.6) is 17.2 Å². The highest BCUT2D eigenvalue weighted by atomic mass is 35.5. The molecule has 2 aromatic heterocycles. The predicted molar refractivity (Wildman–Crippen MR) is 141 cm³/mol. The molecule has 1 atom stereocenters. The number of fused-ring (bicyclic) bond motifs is 2. The first-order valence-electron chi connectivity index (χ1n) is 12.0. The van der Waals surface area contributed by atoms with E-state index in [2.05, 4.69) is 9.89 Å². The van der Waals surface area contributed by atoms with Crippen LogP contribution >= 0.6 is 11.6 Å². The van der Waals surface area contributed by atoms with Crippen LogP contribution in [0, 0.1) is 6.92 Å². The van der Waals surface area contributed by atoms with Crippen molar-refractivity contribution in [2.45, 2.75) is 32.9 Å². The monoisotopic (exact) mass is 574 g/mol. The van der Waals surface area contributed by atoms with Gasteiger partial charge in [0.25, 0.3) is 0 Å². The Balaban J connectivity index is 1.66. The molecular weight excluding hydrogens is 553 g/mol. The van der Waals surface area contributed by atoms with E-state index in [9.17, 15) is 23.1 Å². The average molecular weight is 575 g/mol. The number of rotatable bonds is 8. The second kappa shape index (κ2) is 10.3. The van der Waals surface area contributed by atoms with Gasteiger partial charge in [-0.15, -0.1) is 13.2 Å².